The number of carboxylic acid groups (broad SMARTS) is 2. The van der Waals surface area contributed by atoms with Crippen LogP contribution in [0.1, 0.15) is 12.8 Å². The Morgan fingerprint density at radius 3 is 1.83 bits per heavy atom. The fraction of sp³-hybridized carbons (Fsp3) is 0.500. The van der Waals surface area contributed by atoms with Crippen LogP contribution >= 0.6 is 0 Å². The molecular formula is C6H10Na2O9S. The van der Waals surface area contributed by atoms with E-state index in [1.807, 2.05) is 0 Å². The van der Waals surface area contributed by atoms with Gasteiger partial charge in [-0.3, -0.25) is 14.1 Å². The number of rotatable bonds is 6. The molecule has 9 nitrogen and oxygen atoms in total. The van der Waals surface area contributed by atoms with Crippen molar-refractivity contribution < 1.29 is 42.6 Å². The molecule has 0 fully saturated rings. The van der Waals surface area contributed by atoms with Crippen molar-refractivity contribution in [3.05, 3.63) is 0 Å². The topological polar surface area (TPSA) is 158 Å². The number of carboxylic acids is 2. The standard InChI is InChI=1S/C6H8O9S.2Na.2H/c7-3(8)1-6(12,5(10)11)2-4(9)15-16(13)14;;;;/h12H,1-2H2,(H,7,8)(H,10,11)(H,13,14);;;;. The Balaban J connectivity index is -0.00000112. The van der Waals surface area contributed by atoms with Gasteiger partial charge in [0.15, 0.2) is 5.60 Å². The normalized spacial score (nSPS) is 14.1. The van der Waals surface area contributed by atoms with E-state index in [-0.39, 0.29) is 59.1 Å². The zero-order valence-corrected chi connectivity index (χ0v) is 8.47. The van der Waals surface area contributed by atoms with E-state index in [4.69, 9.17) is 14.8 Å². The number of carbonyl (C=O) groups excluding carboxylic acids is 1. The van der Waals surface area contributed by atoms with Crippen molar-refractivity contribution in [1.82, 2.24) is 0 Å². The minimum atomic E-state index is -2.96. The summed E-state index contributed by atoms with van der Waals surface area (Å²) in [6.45, 7) is 0. The quantitative estimate of drug-likeness (QED) is 0.297. The molecule has 0 aromatic rings. The molecule has 0 heterocycles. The van der Waals surface area contributed by atoms with Crippen LogP contribution in [0, 0.1) is 0 Å². The van der Waals surface area contributed by atoms with E-state index in [9.17, 15) is 23.7 Å². The molecule has 0 spiro atoms. The van der Waals surface area contributed by atoms with Crippen LogP contribution in [-0.2, 0) is 29.9 Å². The average molecular weight is 304 g/mol. The summed E-state index contributed by atoms with van der Waals surface area (Å²) in [5, 5.41) is 26.1. The maximum atomic E-state index is 10.8. The first kappa shape index (κ1) is 23.6. The molecule has 0 aliphatic heterocycles. The van der Waals surface area contributed by atoms with Crippen LogP contribution in [0.25, 0.3) is 0 Å². The predicted molar refractivity (Wildman–Crippen MR) is 60.6 cm³/mol. The van der Waals surface area contributed by atoms with Gasteiger partial charge in [0, 0.05) is 0 Å². The minimum absolute atomic E-state index is 0. The molecule has 18 heavy (non-hydrogen) atoms. The Bertz CT molecular complexity index is 346. The summed E-state index contributed by atoms with van der Waals surface area (Å²) in [4.78, 5) is 31.5. The summed E-state index contributed by atoms with van der Waals surface area (Å²) in [7, 11) is 0. The first-order valence-electron chi connectivity index (χ1n) is 3.67. The van der Waals surface area contributed by atoms with Crippen LogP contribution in [0.2, 0.25) is 0 Å². The predicted octanol–water partition coefficient (Wildman–Crippen LogP) is -2.95. The molecule has 2 unspecified atom stereocenters. The van der Waals surface area contributed by atoms with Gasteiger partial charge in [-0.1, -0.05) is 0 Å². The summed E-state index contributed by atoms with van der Waals surface area (Å²) < 4.78 is 21.8. The summed E-state index contributed by atoms with van der Waals surface area (Å²) in [6.07, 6.45) is -2.49. The van der Waals surface area contributed by atoms with Gasteiger partial charge in [0.2, 0.25) is 0 Å². The van der Waals surface area contributed by atoms with Crippen molar-refractivity contribution in [2.75, 3.05) is 0 Å². The van der Waals surface area contributed by atoms with Gasteiger partial charge in [0.25, 0.3) is 0 Å². The van der Waals surface area contributed by atoms with Crippen molar-refractivity contribution >= 4 is 88.4 Å². The van der Waals surface area contributed by atoms with Gasteiger partial charge in [-0.05, 0) is 0 Å². The van der Waals surface area contributed by atoms with Crippen LogP contribution in [0.4, 0.5) is 0 Å². The second kappa shape index (κ2) is 10.3. The Kier molecular flexibility index (Phi) is 13.5. The summed E-state index contributed by atoms with van der Waals surface area (Å²) in [5.74, 6) is -5.11. The fourth-order valence-electron chi connectivity index (χ4n) is 0.812. The first-order chi connectivity index (χ1) is 7.17. The zero-order valence-electron chi connectivity index (χ0n) is 7.65. The van der Waals surface area contributed by atoms with Gasteiger partial charge < -0.3 is 19.5 Å². The molecule has 0 aliphatic carbocycles. The molecule has 0 saturated heterocycles. The monoisotopic (exact) mass is 304 g/mol. The zero-order chi connectivity index (χ0) is 12.9. The Morgan fingerprint density at radius 1 is 1.11 bits per heavy atom. The van der Waals surface area contributed by atoms with Gasteiger partial charge in [-0.15, -0.1) is 0 Å². The van der Waals surface area contributed by atoms with E-state index in [1.54, 1.807) is 0 Å². The number of hydrogen-bond donors (Lipinski definition) is 4. The van der Waals surface area contributed by atoms with Crippen LogP contribution < -0.4 is 0 Å². The number of carbonyl (C=O) groups is 3. The molecule has 0 aromatic carbocycles. The van der Waals surface area contributed by atoms with E-state index in [1.165, 1.54) is 0 Å². The molecule has 12 heteroatoms. The Morgan fingerprint density at radius 2 is 1.56 bits per heavy atom. The van der Waals surface area contributed by atoms with E-state index >= 15 is 0 Å². The molecule has 0 bridgehead atoms. The van der Waals surface area contributed by atoms with E-state index in [0.29, 0.717) is 0 Å². The fourth-order valence-corrected chi connectivity index (χ4v) is 1.03. The molecule has 0 radical (unpaired) electrons. The van der Waals surface area contributed by atoms with Gasteiger partial charge in [-0.2, -0.15) is 4.21 Å². The van der Waals surface area contributed by atoms with E-state index in [0.717, 1.165) is 0 Å². The van der Waals surface area contributed by atoms with Crippen LogP contribution in [0.15, 0.2) is 0 Å². The third kappa shape index (κ3) is 9.42. The SMILES string of the molecule is O=C(O)CC(O)(CC(=O)OS(=O)O)C(=O)O.[NaH].[NaH]. The average Bonchev–Trinajstić information content (AvgIpc) is 1.98. The number of aliphatic hydroxyl groups is 1. The van der Waals surface area contributed by atoms with Crippen LogP contribution in [0.3, 0.4) is 0 Å². The maximum absolute atomic E-state index is 10.8. The molecule has 0 aliphatic rings. The summed E-state index contributed by atoms with van der Waals surface area (Å²) >= 11 is -2.96. The van der Waals surface area contributed by atoms with Crippen molar-refractivity contribution in [2.45, 2.75) is 18.4 Å². The molecule has 2 atom stereocenters. The third-order valence-corrected chi connectivity index (χ3v) is 1.77. The second-order valence-electron chi connectivity index (χ2n) is 2.76. The molecule has 0 rings (SSSR count). The van der Waals surface area contributed by atoms with Gasteiger partial charge in [0.1, 0.15) is 0 Å². The number of aliphatic carboxylic acids is 2. The van der Waals surface area contributed by atoms with Crippen molar-refractivity contribution in [2.24, 2.45) is 0 Å². The number of hydrogen-bond acceptors (Lipinski definition) is 6. The molecule has 96 valence electrons. The van der Waals surface area contributed by atoms with Gasteiger partial charge >= 0.3 is 88.4 Å². The molecule has 0 aromatic heterocycles. The summed E-state index contributed by atoms with van der Waals surface area (Å²) in [5.41, 5.74) is -2.87. The van der Waals surface area contributed by atoms with Crippen LogP contribution in [-0.4, -0.2) is 107 Å². The first-order valence-corrected chi connectivity index (χ1v) is 4.70. The summed E-state index contributed by atoms with van der Waals surface area (Å²) in [6, 6.07) is 0. The Labute approximate surface area is 148 Å². The van der Waals surface area contributed by atoms with E-state index < -0.39 is 47.7 Å². The third-order valence-electron chi connectivity index (χ3n) is 1.44. The Hall–Kier alpha value is 0.480. The molecule has 0 amide bonds. The van der Waals surface area contributed by atoms with Gasteiger partial charge in [-0.25, -0.2) is 4.79 Å². The van der Waals surface area contributed by atoms with Crippen molar-refractivity contribution in [1.29, 1.82) is 0 Å². The van der Waals surface area contributed by atoms with E-state index in [2.05, 4.69) is 4.18 Å². The van der Waals surface area contributed by atoms with Crippen molar-refractivity contribution in [3.8, 4) is 0 Å². The second-order valence-corrected chi connectivity index (χ2v) is 3.36. The van der Waals surface area contributed by atoms with Crippen LogP contribution in [0.5, 0.6) is 0 Å². The molecular weight excluding hydrogens is 294 g/mol. The van der Waals surface area contributed by atoms with Gasteiger partial charge in [0.05, 0.1) is 12.8 Å². The molecule has 0 saturated carbocycles. The molecule has 4 N–H and O–H groups in total. The van der Waals surface area contributed by atoms with Crippen molar-refractivity contribution in [3.63, 3.8) is 0 Å².